The zero-order chi connectivity index (χ0) is 6.27. The van der Waals surface area contributed by atoms with E-state index in [1.54, 1.807) is 0 Å². The van der Waals surface area contributed by atoms with Crippen molar-refractivity contribution >= 4 is 24.8 Å². The molecule has 3 rings (SSSR count). The fraction of sp³-hybridized carbons (Fsp3) is 1.00. The number of rotatable bonds is 0. The Hall–Kier alpha value is 0.500. The van der Waals surface area contributed by atoms with Gasteiger partial charge in [0.25, 0.3) is 0 Å². The lowest BCUT2D eigenvalue weighted by Crippen LogP contribution is -2.50. The first-order valence-electron chi connectivity index (χ1n) is 3.76. The molecular weight excluding hydrogens is 185 g/mol. The van der Waals surface area contributed by atoms with E-state index in [1.807, 2.05) is 0 Å². The molecule has 3 aliphatic heterocycles. The van der Waals surface area contributed by atoms with E-state index in [-0.39, 0.29) is 30.9 Å². The summed E-state index contributed by atoms with van der Waals surface area (Å²) in [4.78, 5) is 2.35. The van der Waals surface area contributed by atoms with Crippen LogP contribution in [0.2, 0.25) is 0 Å². The van der Waals surface area contributed by atoms with E-state index in [0.717, 1.165) is 6.54 Å². The van der Waals surface area contributed by atoms with Gasteiger partial charge in [-0.3, -0.25) is 0 Å². The van der Waals surface area contributed by atoms with E-state index in [4.69, 9.17) is 0 Å². The molecule has 3 saturated heterocycles. The molecular formula is C7H15Cl2NO. The van der Waals surface area contributed by atoms with Crippen molar-refractivity contribution in [3.63, 3.8) is 0 Å². The lowest BCUT2D eigenvalue weighted by atomic mass is 9.86. The molecule has 1 atom stereocenters. The summed E-state index contributed by atoms with van der Waals surface area (Å²) in [5.74, 6) is 0.634. The van der Waals surface area contributed by atoms with Gasteiger partial charge in [-0.05, 0) is 31.8 Å². The van der Waals surface area contributed by atoms with Crippen LogP contribution in [0.5, 0.6) is 0 Å². The van der Waals surface area contributed by atoms with Gasteiger partial charge in [0.05, 0.1) is 6.10 Å². The molecule has 0 saturated carbocycles. The Morgan fingerprint density at radius 2 is 1.64 bits per heavy atom. The minimum absolute atomic E-state index is 0. The van der Waals surface area contributed by atoms with E-state index >= 15 is 0 Å². The predicted octanol–water partition coefficient (Wildman–Crippen LogP) is 0.917. The van der Waals surface area contributed by atoms with Gasteiger partial charge in [-0.25, -0.2) is 0 Å². The second-order valence-corrected chi connectivity index (χ2v) is 3.21. The fourth-order valence-electron chi connectivity index (χ4n) is 1.93. The molecule has 0 aliphatic carbocycles. The highest BCUT2D eigenvalue weighted by molar-refractivity contribution is 5.85. The van der Waals surface area contributed by atoms with Gasteiger partial charge in [-0.2, -0.15) is 0 Å². The predicted molar refractivity (Wildman–Crippen MR) is 49.7 cm³/mol. The maximum absolute atomic E-state index is 9.36. The quantitative estimate of drug-likeness (QED) is 0.628. The van der Waals surface area contributed by atoms with Crippen molar-refractivity contribution in [2.24, 2.45) is 5.92 Å². The molecule has 3 fully saturated rings. The van der Waals surface area contributed by atoms with Gasteiger partial charge in [0.2, 0.25) is 0 Å². The zero-order valence-corrected chi connectivity index (χ0v) is 8.03. The van der Waals surface area contributed by atoms with Crippen LogP contribution in [0.3, 0.4) is 0 Å². The summed E-state index contributed by atoms with van der Waals surface area (Å²) in [5, 5.41) is 9.36. The van der Waals surface area contributed by atoms with Crippen LogP contribution >= 0.6 is 24.8 Å². The minimum atomic E-state index is -0.00694. The summed E-state index contributed by atoms with van der Waals surface area (Å²) in [7, 11) is 0. The normalized spacial score (nSPS) is 40.6. The van der Waals surface area contributed by atoms with Crippen LogP contribution in [0.25, 0.3) is 0 Å². The molecule has 11 heavy (non-hydrogen) atoms. The van der Waals surface area contributed by atoms with Crippen LogP contribution in [0.4, 0.5) is 0 Å². The summed E-state index contributed by atoms with van der Waals surface area (Å²) in [5.41, 5.74) is 0. The highest BCUT2D eigenvalue weighted by Crippen LogP contribution is 2.26. The average molecular weight is 200 g/mol. The lowest BCUT2D eigenvalue weighted by molar-refractivity contribution is -0.0227. The molecule has 0 aromatic rings. The Labute approximate surface area is 79.8 Å². The maximum atomic E-state index is 9.36. The fourth-order valence-corrected chi connectivity index (χ4v) is 1.93. The van der Waals surface area contributed by atoms with Crippen molar-refractivity contribution in [1.29, 1.82) is 0 Å². The van der Waals surface area contributed by atoms with Gasteiger partial charge in [0, 0.05) is 6.54 Å². The molecule has 0 aromatic carbocycles. The van der Waals surface area contributed by atoms with Crippen molar-refractivity contribution in [2.45, 2.75) is 18.9 Å². The molecule has 3 heterocycles. The van der Waals surface area contributed by atoms with Gasteiger partial charge < -0.3 is 10.0 Å². The van der Waals surface area contributed by atoms with Crippen molar-refractivity contribution in [3.05, 3.63) is 0 Å². The largest absolute Gasteiger partial charge is 0.392 e. The number of hydrogen-bond acceptors (Lipinski definition) is 2. The molecule has 1 N–H and O–H groups in total. The monoisotopic (exact) mass is 199 g/mol. The van der Waals surface area contributed by atoms with Crippen LogP contribution in [0, 0.1) is 5.92 Å². The Morgan fingerprint density at radius 3 is 1.82 bits per heavy atom. The highest BCUT2D eigenvalue weighted by Gasteiger charge is 2.32. The number of piperidine rings is 3. The number of halogens is 2. The van der Waals surface area contributed by atoms with Crippen LogP contribution in [0.15, 0.2) is 0 Å². The third-order valence-electron chi connectivity index (χ3n) is 2.62. The van der Waals surface area contributed by atoms with Crippen LogP contribution in [0.1, 0.15) is 12.8 Å². The molecule has 3 aliphatic rings. The van der Waals surface area contributed by atoms with Gasteiger partial charge in [-0.15, -0.1) is 24.8 Å². The molecule has 68 valence electrons. The summed E-state index contributed by atoms with van der Waals surface area (Å²) < 4.78 is 0. The van der Waals surface area contributed by atoms with Gasteiger partial charge >= 0.3 is 0 Å². The topological polar surface area (TPSA) is 23.5 Å². The van der Waals surface area contributed by atoms with Crippen molar-refractivity contribution in [2.75, 3.05) is 19.6 Å². The summed E-state index contributed by atoms with van der Waals surface area (Å²) >= 11 is 0. The third-order valence-corrected chi connectivity index (χ3v) is 2.62. The highest BCUT2D eigenvalue weighted by atomic mass is 35.5. The molecule has 2 bridgehead atoms. The summed E-state index contributed by atoms with van der Waals surface area (Å²) in [6.45, 7) is 3.38. The smallest absolute Gasteiger partial charge is 0.0696 e. The summed E-state index contributed by atoms with van der Waals surface area (Å²) in [6, 6.07) is 0. The third kappa shape index (κ3) is 2.22. The van der Waals surface area contributed by atoms with E-state index in [1.165, 1.54) is 25.9 Å². The number of aliphatic hydroxyl groups is 1. The molecule has 0 amide bonds. The second kappa shape index (κ2) is 4.51. The SMILES string of the molecule is Cl.Cl.OC1CN2CCC1CC2. The Kier molecular flexibility index (Phi) is 4.71. The van der Waals surface area contributed by atoms with Crippen LogP contribution < -0.4 is 0 Å². The molecule has 0 spiro atoms. The second-order valence-electron chi connectivity index (χ2n) is 3.21. The van der Waals surface area contributed by atoms with E-state index in [9.17, 15) is 5.11 Å². The van der Waals surface area contributed by atoms with E-state index in [2.05, 4.69) is 4.90 Å². The Morgan fingerprint density at radius 1 is 1.09 bits per heavy atom. The number of fused-ring (bicyclic) bond motifs is 3. The maximum Gasteiger partial charge on any atom is 0.0696 e. The van der Waals surface area contributed by atoms with Gasteiger partial charge in [0.15, 0.2) is 0 Å². The van der Waals surface area contributed by atoms with Crippen LogP contribution in [-0.4, -0.2) is 35.7 Å². The Bertz CT molecular complexity index is 115. The molecule has 4 heteroatoms. The van der Waals surface area contributed by atoms with Crippen molar-refractivity contribution in [1.82, 2.24) is 4.90 Å². The van der Waals surface area contributed by atoms with Crippen LogP contribution in [-0.2, 0) is 0 Å². The van der Waals surface area contributed by atoms with Crippen molar-refractivity contribution < 1.29 is 5.11 Å². The standard InChI is InChI=1S/C7H13NO.2ClH/c9-7-5-8-3-1-6(7)2-4-8;;/h6-7,9H,1-5H2;2*1H. The minimum Gasteiger partial charge on any atom is -0.392 e. The lowest BCUT2D eigenvalue weighted by Gasteiger charge is -2.42. The van der Waals surface area contributed by atoms with Crippen molar-refractivity contribution in [3.8, 4) is 0 Å². The first kappa shape index (κ1) is 11.5. The number of aliphatic hydroxyl groups excluding tert-OH is 1. The molecule has 0 radical (unpaired) electrons. The number of hydrogen-bond donors (Lipinski definition) is 1. The first-order chi connectivity index (χ1) is 4.36. The summed E-state index contributed by atoms with van der Waals surface area (Å²) in [6.07, 6.45) is 2.44. The molecule has 2 nitrogen and oxygen atoms in total. The molecule has 1 unspecified atom stereocenters. The van der Waals surface area contributed by atoms with E-state index in [0.29, 0.717) is 5.92 Å². The Balaban J connectivity index is 0.000000500. The van der Waals surface area contributed by atoms with Gasteiger partial charge in [0.1, 0.15) is 0 Å². The number of nitrogens with zero attached hydrogens (tertiary/aromatic N) is 1. The van der Waals surface area contributed by atoms with E-state index < -0.39 is 0 Å². The van der Waals surface area contributed by atoms with Gasteiger partial charge in [-0.1, -0.05) is 0 Å². The first-order valence-corrected chi connectivity index (χ1v) is 3.76. The average Bonchev–Trinajstić information content (AvgIpc) is 1.90. The zero-order valence-electron chi connectivity index (χ0n) is 6.40. The molecule has 0 aromatic heterocycles.